The van der Waals surface area contributed by atoms with Gasteiger partial charge in [-0.1, -0.05) is 0 Å². The first-order valence-electron chi connectivity index (χ1n) is 5.23. The second-order valence-electron chi connectivity index (χ2n) is 4.21. The van der Waals surface area contributed by atoms with E-state index in [1.807, 2.05) is 6.92 Å². The van der Waals surface area contributed by atoms with Crippen molar-refractivity contribution in [3.63, 3.8) is 0 Å². The van der Waals surface area contributed by atoms with Crippen LogP contribution in [-0.4, -0.2) is 31.1 Å². The number of hydrogen-bond donors (Lipinski definition) is 1. The van der Waals surface area contributed by atoms with Gasteiger partial charge in [-0.15, -0.1) is 0 Å². The third-order valence-corrected chi connectivity index (χ3v) is 5.24. The lowest BCUT2D eigenvalue weighted by Gasteiger charge is -2.15. The van der Waals surface area contributed by atoms with E-state index in [1.165, 1.54) is 4.90 Å². The Balaban J connectivity index is 2.30. The summed E-state index contributed by atoms with van der Waals surface area (Å²) in [5.41, 5.74) is 0.993. The molecule has 1 aromatic rings. The summed E-state index contributed by atoms with van der Waals surface area (Å²) in [5.74, 6) is 0.214. The summed E-state index contributed by atoms with van der Waals surface area (Å²) >= 11 is 2.14. The minimum atomic E-state index is -3.69. The standard InChI is InChI=1S/C10H12IN3O3S/c1-6-2-9(13-4-8(6)11)14-5-7(3-10(14)15)18(12,16)17/h2,4,7H,3,5H2,1H3,(H2,12,16,17). The van der Waals surface area contributed by atoms with Gasteiger partial charge in [-0.05, 0) is 41.1 Å². The Bertz CT molecular complexity index is 602. The molecular weight excluding hydrogens is 369 g/mol. The van der Waals surface area contributed by atoms with Crippen molar-refractivity contribution in [3.05, 3.63) is 21.4 Å². The zero-order valence-corrected chi connectivity index (χ0v) is 12.6. The van der Waals surface area contributed by atoms with Crippen molar-refractivity contribution in [1.29, 1.82) is 0 Å². The molecule has 1 fully saturated rings. The van der Waals surface area contributed by atoms with Crippen LogP contribution in [0.15, 0.2) is 12.3 Å². The molecule has 6 nitrogen and oxygen atoms in total. The average molecular weight is 381 g/mol. The number of sulfonamides is 1. The van der Waals surface area contributed by atoms with Crippen LogP contribution in [0.2, 0.25) is 0 Å². The molecule has 0 aromatic carbocycles. The maximum Gasteiger partial charge on any atom is 0.229 e. The van der Waals surface area contributed by atoms with Crippen molar-refractivity contribution >= 4 is 44.3 Å². The molecule has 0 radical (unpaired) electrons. The van der Waals surface area contributed by atoms with Gasteiger partial charge in [0.05, 0.1) is 0 Å². The summed E-state index contributed by atoms with van der Waals surface area (Å²) < 4.78 is 23.5. The van der Waals surface area contributed by atoms with Crippen molar-refractivity contribution in [2.45, 2.75) is 18.6 Å². The second-order valence-corrected chi connectivity index (χ2v) is 7.22. The zero-order chi connectivity index (χ0) is 13.5. The van der Waals surface area contributed by atoms with Gasteiger partial charge in [0, 0.05) is 22.7 Å². The number of primary sulfonamides is 1. The summed E-state index contributed by atoms with van der Waals surface area (Å²) in [4.78, 5) is 17.3. The van der Waals surface area contributed by atoms with E-state index in [1.54, 1.807) is 12.3 Å². The van der Waals surface area contributed by atoms with Gasteiger partial charge in [0.15, 0.2) is 0 Å². The first-order chi connectivity index (χ1) is 8.29. The predicted molar refractivity (Wildman–Crippen MR) is 75.6 cm³/mol. The Kier molecular flexibility index (Phi) is 3.60. The van der Waals surface area contributed by atoms with Crippen LogP contribution in [0.5, 0.6) is 0 Å². The molecule has 8 heteroatoms. The molecule has 1 saturated heterocycles. The SMILES string of the molecule is Cc1cc(N2CC(S(N)(=O)=O)CC2=O)ncc1I. The molecule has 1 aromatic heterocycles. The molecule has 18 heavy (non-hydrogen) atoms. The third-order valence-electron chi connectivity index (χ3n) is 2.86. The number of carbonyl (C=O) groups excluding carboxylic acids is 1. The maximum absolute atomic E-state index is 11.8. The number of nitrogens with two attached hydrogens (primary N) is 1. The van der Waals surface area contributed by atoms with Crippen molar-refractivity contribution in [1.82, 2.24) is 4.98 Å². The fraction of sp³-hybridized carbons (Fsp3) is 0.400. The highest BCUT2D eigenvalue weighted by Crippen LogP contribution is 2.24. The number of aromatic nitrogens is 1. The van der Waals surface area contributed by atoms with Crippen molar-refractivity contribution in [2.75, 3.05) is 11.4 Å². The average Bonchev–Trinajstić information content (AvgIpc) is 2.64. The molecule has 0 spiro atoms. The molecule has 1 atom stereocenters. The Labute approximate surface area is 119 Å². The third kappa shape index (κ3) is 2.64. The Morgan fingerprint density at radius 2 is 2.22 bits per heavy atom. The van der Waals surface area contributed by atoms with Gasteiger partial charge < -0.3 is 0 Å². The lowest BCUT2D eigenvalue weighted by molar-refractivity contribution is -0.117. The highest BCUT2D eigenvalue weighted by molar-refractivity contribution is 14.1. The molecule has 0 bridgehead atoms. The van der Waals surface area contributed by atoms with Crippen LogP contribution in [-0.2, 0) is 14.8 Å². The first-order valence-corrected chi connectivity index (χ1v) is 7.92. The van der Waals surface area contributed by atoms with Gasteiger partial charge in [-0.25, -0.2) is 18.5 Å². The van der Waals surface area contributed by atoms with Gasteiger partial charge >= 0.3 is 0 Å². The van der Waals surface area contributed by atoms with E-state index in [-0.39, 0.29) is 18.9 Å². The number of pyridine rings is 1. The van der Waals surface area contributed by atoms with Gasteiger partial charge in [0.1, 0.15) is 11.1 Å². The van der Waals surface area contributed by atoms with E-state index in [0.29, 0.717) is 5.82 Å². The molecule has 2 rings (SSSR count). The van der Waals surface area contributed by atoms with Gasteiger partial charge in [-0.2, -0.15) is 0 Å². The van der Waals surface area contributed by atoms with Crippen LogP contribution in [0.25, 0.3) is 0 Å². The smallest absolute Gasteiger partial charge is 0.229 e. The van der Waals surface area contributed by atoms with Crippen LogP contribution in [0.3, 0.4) is 0 Å². The fourth-order valence-corrected chi connectivity index (χ4v) is 2.82. The summed E-state index contributed by atoms with van der Waals surface area (Å²) in [6.07, 6.45) is 1.58. The lowest BCUT2D eigenvalue weighted by atomic mass is 10.3. The van der Waals surface area contributed by atoms with Crippen molar-refractivity contribution < 1.29 is 13.2 Å². The van der Waals surface area contributed by atoms with Crippen LogP contribution < -0.4 is 10.0 Å². The number of rotatable bonds is 2. The first kappa shape index (κ1) is 13.7. The highest BCUT2D eigenvalue weighted by Gasteiger charge is 2.37. The van der Waals surface area contributed by atoms with E-state index >= 15 is 0 Å². The highest BCUT2D eigenvalue weighted by atomic mass is 127. The molecule has 1 amide bonds. The zero-order valence-electron chi connectivity index (χ0n) is 9.63. The van der Waals surface area contributed by atoms with Crippen LogP contribution in [0.4, 0.5) is 5.82 Å². The topological polar surface area (TPSA) is 93.4 Å². The van der Waals surface area contributed by atoms with E-state index in [4.69, 9.17) is 5.14 Å². The van der Waals surface area contributed by atoms with Gasteiger partial charge in [0.25, 0.3) is 0 Å². The minimum Gasteiger partial charge on any atom is -0.295 e. The van der Waals surface area contributed by atoms with Gasteiger partial charge in [0.2, 0.25) is 15.9 Å². The van der Waals surface area contributed by atoms with E-state index in [2.05, 4.69) is 27.6 Å². The predicted octanol–water partition coefficient (Wildman–Crippen LogP) is 0.388. The Morgan fingerprint density at radius 3 is 2.72 bits per heavy atom. The quantitative estimate of drug-likeness (QED) is 0.750. The molecule has 98 valence electrons. The van der Waals surface area contributed by atoms with Crippen LogP contribution in [0, 0.1) is 10.5 Å². The van der Waals surface area contributed by atoms with E-state index < -0.39 is 15.3 Å². The van der Waals surface area contributed by atoms with E-state index in [9.17, 15) is 13.2 Å². The molecule has 2 heterocycles. The number of aryl methyl sites for hydroxylation is 1. The van der Waals surface area contributed by atoms with Crippen molar-refractivity contribution in [2.24, 2.45) is 5.14 Å². The van der Waals surface area contributed by atoms with Crippen molar-refractivity contribution in [3.8, 4) is 0 Å². The summed E-state index contributed by atoms with van der Waals surface area (Å²) in [5, 5.41) is 4.23. The number of nitrogens with zero attached hydrogens (tertiary/aromatic N) is 2. The minimum absolute atomic E-state index is 0.0741. The Morgan fingerprint density at radius 1 is 1.56 bits per heavy atom. The monoisotopic (exact) mass is 381 g/mol. The largest absolute Gasteiger partial charge is 0.295 e. The van der Waals surface area contributed by atoms with Gasteiger partial charge in [-0.3, -0.25) is 9.69 Å². The molecule has 1 aliphatic heterocycles. The molecule has 1 aliphatic rings. The molecule has 0 aliphatic carbocycles. The van der Waals surface area contributed by atoms with Crippen LogP contribution >= 0.6 is 22.6 Å². The molecule has 1 unspecified atom stereocenters. The molecular formula is C10H12IN3O3S. The Hall–Kier alpha value is -0.740. The number of amides is 1. The number of carbonyl (C=O) groups is 1. The second kappa shape index (κ2) is 4.74. The maximum atomic E-state index is 11.8. The molecule has 2 N–H and O–H groups in total. The summed E-state index contributed by atoms with van der Waals surface area (Å²) in [6.45, 7) is 1.98. The molecule has 0 saturated carbocycles. The number of halogens is 1. The number of anilines is 1. The van der Waals surface area contributed by atoms with E-state index in [0.717, 1.165) is 9.13 Å². The fourth-order valence-electron chi connectivity index (χ4n) is 1.79. The normalized spacial score (nSPS) is 20.5. The van der Waals surface area contributed by atoms with Crippen LogP contribution in [0.1, 0.15) is 12.0 Å². The lowest BCUT2D eigenvalue weighted by Crippen LogP contribution is -2.32. The number of hydrogen-bond acceptors (Lipinski definition) is 4. The summed E-state index contributed by atoms with van der Waals surface area (Å²) in [6, 6.07) is 1.77. The summed E-state index contributed by atoms with van der Waals surface area (Å²) in [7, 11) is -3.69.